The van der Waals surface area contributed by atoms with E-state index < -0.39 is 0 Å². The Morgan fingerprint density at radius 3 is 2.91 bits per heavy atom. The van der Waals surface area contributed by atoms with Crippen molar-refractivity contribution in [1.29, 1.82) is 5.26 Å². The predicted octanol–water partition coefficient (Wildman–Crippen LogP) is 2.16. The summed E-state index contributed by atoms with van der Waals surface area (Å²) in [6, 6.07) is 10.1. The van der Waals surface area contributed by atoms with Gasteiger partial charge in [0.05, 0.1) is 11.3 Å². The largest absolute Gasteiger partial charge is 0.354 e. The fraction of sp³-hybridized carbons (Fsp3) is 0.412. The van der Waals surface area contributed by atoms with Gasteiger partial charge in [-0.2, -0.15) is 10.4 Å². The lowest BCUT2D eigenvalue weighted by atomic mass is 10.0. The van der Waals surface area contributed by atoms with Gasteiger partial charge in [0, 0.05) is 32.4 Å². The summed E-state index contributed by atoms with van der Waals surface area (Å²) in [6.45, 7) is 3.78. The van der Waals surface area contributed by atoms with E-state index in [2.05, 4.69) is 31.1 Å². The summed E-state index contributed by atoms with van der Waals surface area (Å²) >= 11 is 0. The van der Waals surface area contributed by atoms with Gasteiger partial charge in [-0.3, -0.25) is 0 Å². The van der Waals surface area contributed by atoms with Gasteiger partial charge in [-0.25, -0.2) is 4.98 Å². The zero-order valence-corrected chi connectivity index (χ0v) is 13.5. The van der Waals surface area contributed by atoms with E-state index in [1.165, 1.54) is 0 Å². The van der Waals surface area contributed by atoms with E-state index in [0.29, 0.717) is 11.6 Å². The Labute approximate surface area is 136 Å². The summed E-state index contributed by atoms with van der Waals surface area (Å²) in [5.74, 6) is 1.66. The molecule has 2 aromatic rings. The number of aromatic nitrogens is 3. The van der Waals surface area contributed by atoms with E-state index in [1.54, 1.807) is 12.3 Å². The first-order valence-electron chi connectivity index (χ1n) is 7.82. The van der Waals surface area contributed by atoms with E-state index in [1.807, 2.05) is 32.2 Å². The predicted molar refractivity (Wildman–Crippen MR) is 89.4 cm³/mol. The Kier molecular flexibility index (Phi) is 4.38. The molecule has 0 bridgehead atoms. The molecule has 0 aliphatic carbocycles. The number of piperidine rings is 1. The van der Waals surface area contributed by atoms with Crippen LogP contribution in [0.5, 0.6) is 0 Å². The van der Waals surface area contributed by atoms with Crippen molar-refractivity contribution >= 4 is 11.6 Å². The van der Waals surface area contributed by atoms with Crippen LogP contribution in [0.25, 0.3) is 0 Å². The SMILES string of the molecule is Cc1ccc(N2CCC[C@H](N(C)c3ncccc3C#N)C2)nn1. The van der Waals surface area contributed by atoms with E-state index in [-0.39, 0.29) is 0 Å². The quantitative estimate of drug-likeness (QED) is 0.865. The lowest BCUT2D eigenvalue weighted by molar-refractivity contribution is 0.482. The van der Waals surface area contributed by atoms with Gasteiger partial charge in [0.2, 0.25) is 0 Å². The molecule has 6 nitrogen and oxygen atoms in total. The van der Waals surface area contributed by atoms with Crippen LogP contribution in [-0.4, -0.2) is 41.4 Å². The number of likely N-dealkylation sites (N-methyl/N-ethyl adjacent to an activating group) is 1. The highest BCUT2D eigenvalue weighted by atomic mass is 15.3. The average molecular weight is 308 g/mol. The molecule has 1 atom stereocenters. The van der Waals surface area contributed by atoms with Gasteiger partial charge in [0.25, 0.3) is 0 Å². The number of nitrogens with zero attached hydrogens (tertiary/aromatic N) is 6. The third kappa shape index (κ3) is 3.24. The van der Waals surface area contributed by atoms with E-state index in [0.717, 1.165) is 43.3 Å². The summed E-state index contributed by atoms with van der Waals surface area (Å²) in [5, 5.41) is 17.7. The maximum absolute atomic E-state index is 9.28. The van der Waals surface area contributed by atoms with Gasteiger partial charge in [-0.1, -0.05) is 0 Å². The fourth-order valence-corrected chi connectivity index (χ4v) is 2.98. The van der Waals surface area contributed by atoms with Crippen molar-refractivity contribution in [3.05, 3.63) is 41.7 Å². The molecule has 1 aliphatic rings. The second-order valence-electron chi connectivity index (χ2n) is 5.87. The van der Waals surface area contributed by atoms with Crippen LogP contribution in [0.2, 0.25) is 0 Å². The van der Waals surface area contributed by atoms with Gasteiger partial charge in [-0.15, -0.1) is 5.10 Å². The normalized spacial score (nSPS) is 17.6. The highest BCUT2D eigenvalue weighted by molar-refractivity contribution is 5.54. The molecular weight excluding hydrogens is 288 g/mol. The minimum absolute atomic E-state index is 0.300. The van der Waals surface area contributed by atoms with Gasteiger partial charge in [-0.05, 0) is 44.0 Å². The Morgan fingerprint density at radius 2 is 2.17 bits per heavy atom. The van der Waals surface area contributed by atoms with Gasteiger partial charge < -0.3 is 9.80 Å². The lowest BCUT2D eigenvalue weighted by Gasteiger charge is -2.38. The molecule has 0 aromatic carbocycles. The lowest BCUT2D eigenvalue weighted by Crippen LogP contribution is -2.47. The van der Waals surface area contributed by atoms with Crippen molar-refractivity contribution in [1.82, 2.24) is 15.2 Å². The minimum Gasteiger partial charge on any atom is -0.354 e. The van der Waals surface area contributed by atoms with Crippen LogP contribution in [0.15, 0.2) is 30.5 Å². The molecule has 6 heteroatoms. The maximum Gasteiger partial charge on any atom is 0.151 e. The molecule has 0 N–H and O–H groups in total. The van der Waals surface area contributed by atoms with Crippen LogP contribution in [-0.2, 0) is 0 Å². The molecule has 3 heterocycles. The Hall–Kier alpha value is -2.68. The molecule has 0 amide bonds. The summed E-state index contributed by atoms with van der Waals surface area (Å²) in [5.41, 5.74) is 1.54. The first kappa shape index (κ1) is 15.2. The summed E-state index contributed by atoms with van der Waals surface area (Å²) in [7, 11) is 2.01. The second kappa shape index (κ2) is 6.61. The van der Waals surface area contributed by atoms with Gasteiger partial charge >= 0.3 is 0 Å². The van der Waals surface area contributed by atoms with E-state index in [4.69, 9.17) is 0 Å². The standard InChI is InChI=1S/C17H20N6/c1-13-7-8-16(21-20-13)23-10-4-6-15(12-23)22(2)17-14(11-18)5-3-9-19-17/h3,5,7-9,15H,4,6,10,12H2,1-2H3/t15-/m0/s1. The zero-order valence-electron chi connectivity index (χ0n) is 13.5. The van der Waals surface area contributed by atoms with Crippen molar-refractivity contribution in [2.45, 2.75) is 25.8 Å². The fourth-order valence-electron chi connectivity index (χ4n) is 2.98. The number of nitriles is 1. The van der Waals surface area contributed by atoms with Crippen LogP contribution in [0.1, 0.15) is 24.1 Å². The second-order valence-corrected chi connectivity index (χ2v) is 5.87. The van der Waals surface area contributed by atoms with Crippen molar-refractivity contribution in [3.8, 4) is 6.07 Å². The number of rotatable bonds is 3. The van der Waals surface area contributed by atoms with E-state index in [9.17, 15) is 5.26 Å². The number of pyridine rings is 1. The highest BCUT2D eigenvalue weighted by Crippen LogP contribution is 2.24. The van der Waals surface area contributed by atoms with Crippen LogP contribution in [0.3, 0.4) is 0 Å². The molecule has 3 rings (SSSR count). The molecule has 2 aromatic heterocycles. The molecule has 0 radical (unpaired) electrons. The van der Waals surface area contributed by atoms with Crippen LogP contribution < -0.4 is 9.80 Å². The molecular formula is C17H20N6. The molecule has 0 saturated carbocycles. The molecule has 1 aliphatic heterocycles. The number of anilines is 2. The highest BCUT2D eigenvalue weighted by Gasteiger charge is 2.26. The van der Waals surface area contributed by atoms with Gasteiger partial charge in [0.15, 0.2) is 5.82 Å². The molecule has 1 fully saturated rings. The molecule has 0 unspecified atom stereocenters. The summed E-state index contributed by atoms with van der Waals surface area (Å²) in [6.07, 6.45) is 3.89. The van der Waals surface area contributed by atoms with E-state index >= 15 is 0 Å². The minimum atomic E-state index is 0.300. The third-order valence-corrected chi connectivity index (χ3v) is 4.29. The monoisotopic (exact) mass is 308 g/mol. The number of hydrogen-bond donors (Lipinski definition) is 0. The van der Waals surface area contributed by atoms with Crippen molar-refractivity contribution in [2.75, 3.05) is 29.9 Å². The summed E-state index contributed by atoms with van der Waals surface area (Å²) < 4.78 is 0. The van der Waals surface area contributed by atoms with Crippen LogP contribution in [0, 0.1) is 18.3 Å². The zero-order chi connectivity index (χ0) is 16.2. The molecule has 1 saturated heterocycles. The number of hydrogen-bond acceptors (Lipinski definition) is 6. The average Bonchev–Trinajstić information content (AvgIpc) is 2.62. The summed E-state index contributed by atoms with van der Waals surface area (Å²) in [4.78, 5) is 8.76. The first-order valence-corrected chi connectivity index (χ1v) is 7.82. The van der Waals surface area contributed by atoms with Crippen LogP contribution in [0.4, 0.5) is 11.6 Å². The van der Waals surface area contributed by atoms with Gasteiger partial charge in [0.1, 0.15) is 11.9 Å². The maximum atomic E-state index is 9.28. The Bertz CT molecular complexity index is 706. The van der Waals surface area contributed by atoms with Crippen molar-refractivity contribution in [2.24, 2.45) is 0 Å². The Balaban J connectivity index is 1.78. The van der Waals surface area contributed by atoms with Crippen molar-refractivity contribution in [3.63, 3.8) is 0 Å². The smallest absolute Gasteiger partial charge is 0.151 e. The van der Waals surface area contributed by atoms with Crippen LogP contribution >= 0.6 is 0 Å². The molecule has 0 spiro atoms. The third-order valence-electron chi connectivity index (χ3n) is 4.29. The number of aryl methyl sites for hydroxylation is 1. The topological polar surface area (TPSA) is 68.9 Å². The molecule has 118 valence electrons. The molecule has 23 heavy (non-hydrogen) atoms. The van der Waals surface area contributed by atoms with Crippen molar-refractivity contribution < 1.29 is 0 Å². The Morgan fingerprint density at radius 1 is 1.30 bits per heavy atom. The first-order chi connectivity index (χ1) is 11.2.